The molecule has 1 heterocycles. The van der Waals surface area contributed by atoms with Gasteiger partial charge in [0, 0.05) is 0 Å². The molecule has 0 aromatic carbocycles. The summed E-state index contributed by atoms with van der Waals surface area (Å²) in [5, 5.41) is 0. The number of rotatable bonds is 2. The Hall–Kier alpha value is -0.700. The minimum absolute atomic E-state index is 0.580. The van der Waals surface area contributed by atoms with E-state index >= 15 is 0 Å². The Balaban J connectivity index is 2.71. The van der Waals surface area contributed by atoms with Crippen molar-refractivity contribution in [3.05, 3.63) is 17.5 Å². The van der Waals surface area contributed by atoms with Gasteiger partial charge in [-0.25, -0.2) is 0 Å². The molecule has 1 aromatic heterocycles. The zero-order valence-corrected chi connectivity index (χ0v) is 7.85. The van der Waals surface area contributed by atoms with E-state index in [1.807, 2.05) is 13.0 Å². The SMILES string of the molecule is Cc1nsnc1/C=C\C(C)C. The molecule has 0 spiro atoms. The maximum absolute atomic E-state index is 4.13. The first-order valence-electron chi connectivity index (χ1n) is 3.67. The average Bonchev–Trinajstić information content (AvgIpc) is 2.31. The molecule has 3 heteroatoms. The molecule has 0 bridgehead atoms. The molecule has 0 aliphatic heterocycles. The number of allylic oxidation sites excluding steroid dienone is 1. The normalized spacial score (nSPS) is 11.6. The molecule has 0 fully saturated rings. The van der Waals surface area contributed by atoms with E-state index in [0.29, 0.717) is 5.92 Å². The van der Waals surface area contributed by atoms with Crippen LogP contribution in [-0.2, 0) is 0 Å². The van der Waals surface area contributed by atoms with Crippen LogP contribution in [0.4, 0.5) is 0 Å². The fourth-order valence-electron chi connectivity index (χ4n) is 0.673. The second-order valence-corrected chi connectivity index (χ2v) is 3.37. The maximum atomic E-state index is 4.13. The first kappa shape index (κ1) is 8.40. The lowest BCUT2D eigenvalue weighted by molar-refractivity contribution is 0.836. The van der Waals surface area contributed by atoms with Crippen LogP contribution in [0, 0.1) is 12.8 Å². The largest absolute Gasteiger partial charge is 0.178 e. The van der Waals surface area contributed by atoms with Gasteiger partial charge in [-0.05, 0) is 18.9 Å². The van der Waals surface area contributed by atoms with E-state index in [1.54, 1.807) is 0 Å². The van der Waals surface area contributed by atoms with Crippen molar-refractivity contribution in [2.75, 3.05) is 0 Å². The minimum atomic E-state index is 0.580. The molecule has 0 saturated heterocycles. The van der Waals surface area contributed by atoms with Crippen LogP contribution in [0.1, 0.15) is 25.2 Å². The molecular formula is C8H12N2S. The van der Waals surface area contributed by atoms with Gasteiger partial charge < -0.3 is 0 Å². The van der Waals surface area contributed by atoms with E-state index in [4.69, 9.17) is 0 Å². The molecule has 0 N–H and O–H groups in total. The van der Waals surface area contributed by atoms with Gasteiger partial charge in [0.2, 0.25) is 0 Å². The number of aryl methyl sites for hydroxylation is 1. The van der Waals surface area contributed by atoms with Crippen LogP contribution in [-0.4, -0.2) is 8.75 Å². The Morgan fingerprint density at radius 1 is 1.36 bits per heavy atom. The van der Waals surface area contributed by atoms with Gasteiger partial charge >= 0.3 is 0 Å². The minimum Gasteiger partial charge on any atom is -0.178 e. The monoisotopic (exact) mass is 168 g/mol. The second-order valence-electron chi connectivity index (χ2n) is 2.84. The first-order chi connectivity index (χ1) is 5.20. The fraction of sp³-hybridized carbons (Fsp3) is 0.500. The quantitative estimate of drug-likeness (QED) is 0.678. The van der Waals surface area contributed by atoms with E-state index < -0.39 is 0 Å². The van der Waals surface area contributed by atoms with Crippen molar-refractivity contribution < 1.29 is 0 Å². The lowest BCUT2D eigenvalue weighted by atomic mass is 10.2. The van der Waals surface area contributed by atoms with Crippen molar-refractivity contribution in [1.82, 2.24) is 8.75 Å². The Labute approximate surface area is 71.3 Å². The van der Waals surface area contributed by atoms with Crippen molar-refractivity contribution >= 4 is 17.8 Å². The van der Waals surface area contributed by atoms with Crippen molar-refractivity contribution in [3.8, 4) is 0 Å². The molecule has 0 atom stereocenters. The Kier molecular flexibility index (Phi) is 2.76. The van der Waals surface area contributed by atoms with Crippen LogP contribution in [0.2, 0.25) is 0 Å². The van der Waals surface area contributed by atoms with Crippen molar-refractivity contribution in [2.24, 2.45) is 5.92 Å². The van der Waals surface area contributed by atoms with Crippen LogP contribution in [0.5, 0.6) is 0 Å². The number of nitrogens with zero attached hydrogens (tertiary/aromatic N) is 2. The van der Waals surface area contributed by atoms with Gasteiger partial charge in [0.05, 0.1) is 23.1 Å². The Morgan fingerprint density at radius 3 is 2.55 bits per heavy atom. The van der Waals surface area contributed by atoms with E-state index in [9.17, 15) is 0 Å². The molecule has 0 unspecified atom stereocenters. The van der Waals surface area contributed by atoms with Crippen LogP contribution < -0.4 is 0 Å². The van der Waals surface area contributed by atoms with Gasteiger partial charge in [-0.3, -0.25) is 0 Å². The molecule has 0 amide bonds. The van der Waals surface area contributed by atoms with Gasteiger partial charge in [0.25, 0.3) is 0 Å². The summed E-state index contributed by atoms with van der Waals surface area (Å²) >= 11 is 1.27. The number of hydrogen-bond acceptors (Lipinski definition) is 3. The van der Waals surface area contributed by atoms with E-state index in [1.165, 1.54) is 11.7 Å². The fourth-order valence-corrected chi connectivity index (χ4v) is 1.21. The molecular weight excluding hydrogens is 156 g/mol. The van der Waals surface area contributed by atoms with Gasteiger partial charge in [-0.1, -0.05) is 19.9 Å². The molecule has 0 radical (unpaired) electrons. The predicted molar refractivity (Wildman–Crippen MR) is 48.5 cm³/mol. The van der Waals surface area contributed by atoms with Crippen molar-refractivity contribution in [2.45, 2.75) is 20.8 Å². The highest BCUT2D eigenvalue weighted by molar-refractivity contribution is 6.99. The highest BCUT2D eigenvalue weighted by Gasteiger charge is 1.97. The third-order valence-electron chi connectivity index (χ3n) is 1.33. The zero-order valence-electron chi connectivity index (χ0n) is 7.03. The summed E-state index contributed by atoms with van der Waals surface area (Å²) in [7, 11) is 0. The lowest BCUT2D eigenvalue weighted by Crippen LogP contribution is -1.80. The van der Waals surface area contributed by atoms with Gasteiger partial charge in [-0.15, -0.1) is 0 Å². The molecule has 0 saturated carbocycles. The van der Waals surface area contributed by atoms with Gasteiger partial charge in [0.1, 0.15) is 0 Å². The smallest absolute Gasteiger partial charge is 0.0995 e. The molecule has 0 aliphatic carbocycles. The number of aromatic nitrogens is 2. The van der Waals surface area contributed by atoms with Crippen molar-refractivity contribution in [3.63, 3.8) is 0 Å². The summed E-state index contributed by atoms with van der Waals surface area (Å²) in [6.07, 6.45) is 4.16. The Morgan fingerprint density at radius 2 is 2.09 bits per heavy atom. The summed E-state index contributed by atoms with van der Waals surface area (Å²) < 4.78 is 8.21. The second kappa shape index (κ2) is 3.62. The predicted octanol–water partition coefficient (Wildman–Crippen LogP) is 2.52. The van der Waals surface area contributed by atoms with Crippen LogP contribution in [0.3, 0.4) is 0 Å². The van der Waals surface area contributed by atoms with Crippen LogP contribution >= 0.6 is 11.7 Å². The molecule has 11 heavy (non-hydrogen) atoms. The summed E-state index contributed by atoms with van der Waals surface area (Å²) in [6.45, 7) is 6.26. The summed E-state index contributed by atoms with van der Waals surface area (Å²) in [6, 6.07) is 0. The third kappa shape index (κ3) is 2.42. The van der Waals surface area contributed by atoms with Crippen molar-refractivity contribution in [1.29, 1.82) is 0 Å². The lowest BCUT2D eigenvalue weighted by Gasteiger charge is -1.91. The highest BCUT2D eigenvalue weighted by atomic mass is 32.1. The van der Waals surface area contributed by atoms with Crippen LogP contribution in [0.15, 0.2) is 6.08 Å². The van der Waals surface area contributed by atoms with E-state index in [-0.39, 0.29) is 0 Å². The summed E-state index contributed by atoms with van der Waals surface area (Å²) in [4.78, 5) is 0. The molecule has 1 rings (SSSR count). The molecule has 0 aliphatic rings. The topological polar surface area (TPSA) is 25.8 Å². The first-order valence-corrected chi connectivity index (χ1v) is 4.40. The standard InChI is InChI=1S/C8H12N2S/c1-6(2)4-5-8-7(3)9-11-10-8/h4-6H,1-3H3/b5-4-. The Bertz CT molecular complexity index is 250. The van der Waals surface area contributed by atoms with Gasteiger partial charge in [-0.2, -0.15) is 8.75 Å². The zero-order chi connectivity index (χ0) is 8.27. The van der Waals surface area contributed by atoms with Gasteiger partial charge in [0.15, 0.2) is 0 Å². The highest BCUT2D eigenvalue weighted by Crippen LogP contribution is 2.07. The molecule has 2 nitrogen and oxygen atoms in total. The third-order valence-corrected chi connectivity index (χ3v) is 1.96. The molecule has 60 valence electrons. The van der Waals surface area contributed by atoms with Crippen LogP contribution in [0.25, 0.3) is 6.08 Å². The maximum Gasteiger partial charge on any atom is 0.0995 e. The summed E-state index contributed by atoms with van der Waals surface area (Å²) in [5.41, 5.74) is 2.02. The summed E-state index contributed by atoms with van der Waals surface area (Å²) in [5.74, 6) is 0.580. The van der Waals surface area contributed by atoms with E-state index in [2.05, 4.69) is 28.7 Å². The number of hydrogen-bond donors (Lipinski definition) is 0. The molecule has 1 aromatic rings. The van der Waals surface area contributed by atoms with E-state index in [0.717, 1.165) is 11.4 Å². The average molecular weight is 168 g/mol.